The Labute approximate surface area is 164 Å². The highest BCUT2D eigenvalue weighted by Crippen LogP contribution is 2.21. The molecule has 1 N–H and O–H groups in total. The van der Waals surface area contributed by atoms with Gasteiger partial charge in [-0.25, -0.2) is 0 Å². The predicted octanol–water partition coefficient (Wildman–Crippen LogP) is 4.33. The van der Waals surface area contributed by atoms with Crippen LogP contribution in [0.2, 0.25) is 0 Å². The fourth-order valence-electron chi connectivity index (χ4n) is 3.50. The Balaban J connectivity index is 2.00. The fourth-order valence-corrected chi connectivity index (χ4v) is 3.86. The molecule has 0 atom stereocenters. The lowest BCUT2D eigenvalue weighted by Gasteiger charge is -2.41. The van der Waals surface area contributed by atoms with Crippen molar-refractivity contribution in [2.75, 3.05) is 38.7 Å². The maximum Gasteiger partial charge on any atom is 0.173 e. The van der Waals surface area contributed by atoms with Gasteiger partial charge in [0.1, 0.15) is 0 Å². The molecule has 0 spiro atoms. The summed E-state index contributed by atoms with van der Waals surface area (Å²) in [6, 6.07) is 9.70. The SMILES string of the molecule is COCCN(C(=S)Nc1ccc(C(C)C)cc1)C1CCN(C(C)C)CC1. The van der Waals surface area contributed by atoms with E-state index in [9.17, 15) is 0 Å². The zero-order valence-electron chi connectivity index (χ0n) is 17.0. The van der Waals surface area contributed by atoms with Crippen LogP contribution in [0.4, 0.5) is 5.69 Å². The summed E-state index contributed by atoms with van der Waals surface area (Å²) in [5, 5.41) is 4.24. The van der Waals surface area contributed by atoms with E-state index >= 15 is 0 Å². The lowest BCUT2D eigenvalue weighted by Crippen LogP contribution is -2.50. The van der Waals surface area contributed by atoms with Crippen molar-refractivity contribution in [3.05, 3.63) is 29.8 Å². The number of nitrogens with zero attached hydrogens (tertiary/aromatic N) is 2. The van der Waals surface area contributed by atoms with Crippen LogP contribution in [-0.2, 0) is 4.74 Å². The second-order valence-corrected chi connectivity index (χ2v) is 8.14. The van der Waals surface area contributed by atoms with Gasteiger partial charge in [-0.15, -0.1) is 0 Å². The van der Waals surface area contributed by atoms with Gasteiger partial charge in [-0.1, -0.05) is 26.0 Å². The summed E-state index contributed by atoms with van der Waals surface area (Å²) >= 11 is 5.76. The molecule has 5 heteroatoms. The zero-order valence-corrected chi connectivity index (χ0v) is 17.8. The highest BCUT2D eigenvalue weighted by Gasteiger charge is 2.27. The molecule has 0 bridgehead atoms. The summed E-state index contributed by atoms with van der Waals surface area (Å²) < 4.78 is 5.33. The van der Waals surface area contributed by atoms with Gasteiger partial charge in [0.15, 0.2) is 5.11 Å². The Morgan fingerprint density at radius 3 is 2.31 bits per heavy atom. The lowest BCUT2D eigenvalue weighted by molar-refractivity contribution is 0.108. The van der Waals surface area contributed by atoms with Crippen molar-refractivity contribution < 1.29 is 4.74 Å². The molecule has 0 radical (unpaired) electrons. The largest absolute Gasteiger partial charge is 0.383 e. The number of ether oxygens (including phenoxy) is 1. The number of hydrogen-bond donors (Lipinski definition) is 1. The molecule has 2 rings (SSSR count). The number of benzene rings is 1. The summed E-state index contributed by atoms with van der Waals surface area (Å²) in [4.78, 5) is 4.87. The summed E-state index contributed by atoms with van der Waals surface area (Å²) in [5.41, 5.74) is 2.40. The van der Waals surface area contributed by atoms with Gasteiger partial charge in [0.2, 0.25) is 0 Å². The zero-order chi connectivity index (χ0) is 19.1. The average molecular weight is 378 g/mol. The molecule has 1 aromatic carbocycles. The normalized spacial score (nSPS) is 16.3. The van der Waals surface area contributed by atoms with Crippen LogP contribution in [0.3, 0.4) is 0 Å². The van der Waals surface area contributed by atoms with Crippen LogP contribution >= 0.6 is 12.2 Å². The van der Waals surface area contributed by atoms with Gasteiger partial charge in [-0.3, -0.25) is 0 Å². The average Bonchev–Trinajstić information content (AvgIpc) is 2.63. The predicted molar refractivity (Wildman–Crippen MR) is 115 cm³/mol. The molecule has 0 amide bonds. The first-order valence-corrected chi connectivity index (χ1v) is 10.2. The molecule has 1 aliphatic rings. The van der Waals surface area contributed by atoms with Crippen LogP contribution in [0.1, 0.15) is 52.0 Å². The third kappa shape index (κ3) is 5.93. The molecule has 0 unspecified atom stereocenters. The van der Waals surface area contributed by atoms with Crippen molar-refractivity contribution in [2.45, 2.75) is 58.5 Å². The van der Waals surface area contributed by atoms with E-state index in [1.165, 1.54) is 5.56 Å². The van der Waals surface area contributed by atoms with Gasteiger partial charge < -0.3 is 19.9 Å². The van der Waals surface area contributed by atoms with Crippen molar-refractivity contribution in [3.8, 4) is 0 Å². The molecule has 1 aliphatic heterocycles. The molecular weight excluding hydrogens is 342 g/mol. The van der Waals surface area contributed by atoms with E-state index in [1.807, 2.05) is 0 Å². The standard InChI is InChI=1S/C21H35N3OS/c1-16(2)18-6-8-19(9-7-18)22-21(26)24(14-15-25-5)20-10-12-23(13-11-20)17(3)4/h6-9,16-17,20H,10-15H2,1-5H3,(H,22,26). The Morgan fingerprint density at radius 1 is 1.19 bits per heavy atom. The van der Waals surface area contributed by atoms with E-state index in [2.05, 4.69) is 67.1 Å². The number of anilines is 1. The van der Waals surface area contributed by atoms with Crippen LogP contribution in [0, 0.1) is 0 Å². The lowest BCUT2D eigenvalue weighted by atomic mass is 10.0. The van der Waals surface area contributed by atoms with Crippen molar-refractivity contribution in [2.24, 2.45) is 0 Å². The molecule has 0 saturated carbocycles. The second-order valence-electron chi connectivity index (χ2n) is 7.75. The molecule has 0 aliphatic carbocycles. The van der Waals surface area contributed by atoms with Crippen LogP contribution < -0.4 is 5.32 Å². The highest BCUT2D eigenvalue weighted by molar-refractivity contribution is 7.80. The number of thiocarbonyl (C=S) groups is 1. The quantitative estimate of drug-likeness (QED) is 0.714. The van der Waals surface area contributed by atoms with Crippen LogP contribution in [0.25, 0.3) is 0 Å². The first-order valence-electron chi connectivity index (χ1n) is 9.83. The van der Waals surface area contributed by atoms with Crippen LogP contribution in [0.5, 0.6) is 0 Å². The topological polar surface area (TPSA) is 27.7 Å². The van der Waals surface area contributed by atoms with Crippen molar-refractivity contribution in [3.63, 3.8) is 0 Å². The smallest absolute Gasteiger partial charge is 0.173 e. The van der Waals surface area contributed by atoms with Gasteiger partial charge in [-0.05, 0) is 62.5 Å². The van der Waals surface area contributed by atoms with E-state index in [4.69, 9.17) is 17.0 Å². The van der Waals surface area contributed by atoms with Crippen molar-refractivity contribution >= 4 is 23.0 Å². The minimum atomic E-state index is 0.482. The minimum Gasteiger partial charge on any atom is -0.383 e. The molecule has 1 aromatic rings. The number of likely N-dealkylation sites (tertiary alicyclic amines) is 1. The highest BCUT2D eigenvalue weighted by atomic mass is 32.1. The Hall–Kier alpha value is -1.17. The number of piperidine rings is 1. The third-order valence-corrected chi connectivity index (χ3v) is 5.63. The summed E-state index contributed by atoms with van der Waals surface area (Å²) in [6.45, 7) is 12.8. The molecule has 1 fully saturated rings. The summed E-state index contributed by atoms with van der Waals surface area (Å²) in [5.74, 6) is 0.542. The van der Waals surface area contributed by atoms with Gasteiger partial charge in [0.05, 0.1) is 6.61 Å². The summed E-state index contributed by atoms with van der Waals surface area (Å²) in [7, 11) is 1.75. The van der Waals surface area contributed by atoms with E-state index < -0.39 is 0 Å². The first kappa shape index (κ1) is 21.1. The minimum absolute atomic E-state index is 0.482. The van der Waals surface area contributed by atoms with Gasteiger partial charge in [-0.2, -0.15) is 0 Å². The van der Waals surface area contributed by atoms with Crippen molar-refractivity contribution in [1.82, 2.24) is 9.80 Å². The van der Waals surface area contributed by atoms with Crippen LogP contribution in [0.15, 0.2) is 24.3 Å². The van der Waals surface area contributed by atoms with Gasteiger partial charge in [0.25, 0.3) is 0 Å². The Morgan fingerprint density at radius 2 is 1.81 bits per heavy atom. The second kappa shape index (κ2) is 10.2. The third-order valence-electron chi connectivity index (χ3n) is 5.30. The number of rotatable bonds is 7. The molecule has 26 heavy (non-hydrogen) atoms. The van der Waals surface area contributed by atoms with E-state index in [0.717, 1.165) is 43.3 Å². The Bertz CT molecular complexity index is 551. The maximum absolute atomic E-state index is 5.76. The summed E-state index contributed by atoms with van der Waals surface area (Å²) in [6.07, 6.45) is 2.30. The number of methoxy groups -OCH3 is 1. The maximum atomic E-state index is 5.76. The molecule has 1 heterocycles. The van der Waals surface area contributed by atoms with Gasteiger partial charge >= 0.3 is 0 Å². The monoisotopic (exact) mass is 377 g/mol. The molecule has 1 saturated heterocycles. The van der Waals surface area contributed by atoms with Crippen molar-refractivity contribution in [1.29, 1.82) is 0 Å². The molecule has 146 valence electrons. The van der Waals surface area contributed by atoms with Gasteiger partial charge in [0, 0.05) is 44.5 Å². The Kier molecular flexibility index (Phi) is 8.32. The molecule has 0 aromatic heterocycles. The van der Waals surface area contributed by atoms with Crippen LogP contribution in [-0.4, -0.2) is 60.3 Å². The van der Waals surface area contributed by atoms with E-state index in [0.29, 0.717) is 24.6 Å². The first-order chi connectivity index (χ1) is 12.4. The van der Waals surface area contributed by atoms with E-state index in [-0.39, 0.29) is 0 Å². The fraction of sp³-hybridized carbons (Fsp3) is 0.667. The number of hydrogen-bond acceptors (Lipinski definition) is 3. The molecule has 4 nitrogen and oxygen atoms in total. The molecular formula is C21H35N3OS. The number of nitrogens with one attached hydrogen (secondary N) is 1. The van der Waals surface area contributed by atoms with E-state index in [1.54, 1.807) is 7.11 Å².